The van der Waals surface area contributed by atoms with E-state index in [0.717, 1.165) is 11.5 Å². The lowest BCUT2D eigenvalue weighted by Gasteiger charge is -2.26. The normalized spacial score (nSPS) is 16.2. The number of halogens is 1. The van der Waals surface area contributed by atoms with Gasteiger partial charge in [0.15, 0.2) is 0 Å². The molecule has 1 aliphatic rings. The molecule has 0 unspecified atom stereocenters. The summed E-state index contributed by atoms with van der Waals surface area (Å²) in [6.45, 7) is 1.38. The van der Waals surface area contributed by atoms with Gasteiger partial charge in [-0.25, -0.2) is 4.39 Å². The van der Waals surface area contributed by atoms with Crippen LogP contribution in [0.25, 0.3) is 0 Å². The smallest absolute Gasteiger partial charge is 0.256 e. The van der Waals surface area contributed by atoms with Crippen molar-refractivity contribution < 1.29 is 9.18 Å². The summed E-state index contributed by atoms with van der Waals surface area (Å²) in [5, 5.41) is 0. The van der Waals surface area contributed by atoms with Gasteiger partial charge < -0.3 is 10.6 Å². The van der Waals surface area contributed by atoms with Gasteiger partial charge in [-0.15, -0.1) is 0 Å². The highest BCUT2D eigenvalue weighted by atomic mass is 32.2. The number of hydrogen-bond donors (Lipinski definition) is 1. The first-order valence-electron chi connectivity index (χ1n) is 5.10. The molecule has 1 aliphatic heterocycles. The Morgan fingerprint density at radius 2 is 2.06 bits per heavy atom. The van der Waals surface area contributed by atoms with Gasteiger partial charge >= 0.3 is 0 Å². The highest BCUT2D eigenvalue weighted by Crippen LogP contribution is 2.17. The summed E-state index contributed by atoms with van der Waals surface area (Å²) in [5.41, 5.74) is 5.89. The van der Waals surface area contributed by atoms with Gasteiger partial charge in [-0.2, -0.15) is 11.8 Å². The maximum Gasteiger partial charge on any atom is 0.256 e. The number of nitrogen functional groups attached to an aromatic ring is 1. The summed E-state index contributed by atoms with van der Waals surface area (Å²) in [7, 11) is 0. The monoisotopic (exact) mass is 240 g/mol. The minimum absolute atomic E-state index is 0.112. The molecule has 0 aliphatic carbocycles. The lowest BCUT2D eigenvalue weighted by atomic mass is 10.1. The quantitative estimate of drug-likeness (QED) is 0.758. The Morgan fingerprint density at radius 1 is 1.38 bits per heavy atom. The van der Waals surface area contributed by atoms with Crippen molar-refractivity contribution in [2.45, 2.75) is 0 Å². The maximum absolute atomic E-state index is 13.5. The van der Waals surface area contributed by atoms with Crippen molar-refractivity contribution in [2.24, 2.45) is 0 Å². The van der Waals surface area contributed by atoms with Crippen molar-refractivity contribution >= 4 is 23.4 Å². The summed E-state index contributed by atoms with van der Waals surface area (Å²) in [5.74, 6) is 1.06. The molecule has 3 nitrogen and oxygen atoms in total. The van der Waals surface area contributed by atoms with Crippen molar-refractivity contribution in [1.82, 2.24) is 4.90 Å². The standard InChI is InChI=1S/C11H13FN2OS/c12-10-7-8(13)1-2-9(10)11(15)14-3-5-16-6-4-14/h1-2,7H,3-6,13H2. The summed E-state index contributed by atoms with van der Waals surface area (Å²) in [4.78, 5) is 13.7. The van der Waals surface area contributed by atoms with Crippen molar-refractivity contribution in [2.75, 3.05) is 30.3 Å². The van der Waals surface area contributed by atoms with Gasteiger partial charge in [0.2, 0.25) is 0 Å². The number of carbonyl (C=O) groups excluding carboxylic acids is 1. The molecule has 0 saturated carbocycles. The van der Waals surface area contributed by atoms with Crippen LogP contribution in [0.3, 0.4) is 0 Å². The highest BCUT2D eigenvalue weighted by Gasteiger charge is 2.20. The summed E-state index contributed by atoms with van der Waals surface area (Å²) in [6.07, 6.45) is 0. The van der Waals surface area contributed by atoms with E-state index in [2.05, 4.69) is 0 Å². The Kier molecular flexibility index (Phi) is 3.33. The minimum atomic E-state index is -0.539. The van der Waals surface area contributed by atoms with Crippen molar-refractivity contribution in [1.29, 1.82) is 0 Å². The van der Waals surface area contributed by atoms with Gasteiger partial charge in [0.05, 0.1) is 5.56 Å². The molecule has 0 radical (unpaired) electrons. The molecule has 1 aromatic rings. The number of benzene rings is 1. The van der Waals surface area contributed by atoms with Crippen LogP contribution >= 0.6 is 11.8 Å². The molecule has 0 aromatic heterocycles. The zero-order chi connectivity index (χ0) is 11.5. The van der Waals surface area contributed by atoms with E-state index in [1.54, 1.807) is 11.0 Å². The van der Waals surface area contributed by atoms with E-state index < -0.39 is 5.82 Å². The fraction of sp³-hybridized carbons (Fsp3) is 0.364. The van der Waals surface area contributed by atoms with E-state index in [4.69, 9.17) is 5.73 Å². The lowest BCUT2D eigenvalue weighted by Crippen LogP contribution is -2.38. The number of anilines is 1. The molecule has 0 atom stereocenters. The molecule has 1 aromatic carbocycles. The van der Waals surface area contributed by atoms with Crippen LogP contribution in [0.15, 0.2) is 18.2 Å². The van der Waals surface area contributed by atoms with Crippen LogP contribution in [0.1, 0.15) is 10.4 Å². The number of rotatable bonds is 1. The lowest BCUT2D eigenvalue weighted by molar-refractivity contribution is 0.0767. The van der Waals surface area contributed by atoms with E-state index in [1.165, 1.54) is 12.1 Å². The third-order valence-electron chi connectivity index (χ3n) is 2.52. The molecule has 86 valence electrons. The summed E-state index contributed by atoms with van der Waals surface area (Å²) < 4.78 is 13.5. The molecule has 1 heterocycles. The fourth-order valence-corrected chi connectivity index (χ4v) is 2.54. The predicted octanol–water partition coefficient (Wildman–Crippen LogP) is 1.60. The van der Waals surface area contributed by atoms with E-state index in [9.17, 15) is 9.18 Å². The topological polar surface area (TPSA) is 46.3 Å². The molecular formula is C11H13FN2OS. The third kappa shape index (κ3) is 2.29. The zero-order valence-corrected chi connectivity index (χ0v) is 9.60. The van der Waals surface area contributed by atoms with Crippen LogP contribution < -0.4 is 5.73 Å². The zero-order valence-electron chi connectivity index (χ0n) is 8.78. The van der Waals surface area contributed by atoms with Crippen LogP contribution in [-0.2, 0) is 0 Å². The number of hydrogen-bond acceptors (Lipinski definition) is 3. The van der Waals surface area contributed by atoms with Gasteiger partial charge in [0.1, 0.15) is 5.82 Å². The Morgan fingerprint density at radius 3 is 2.69 bits per heavy atom. The van der Waals surface area contributed by atoms with Crippen LogP contribution in [-0.4, -0.2) is 35.4 Å². The van der Waals surface area contributed by atoms with Crippen molar-refractivity contribution in [3.8, 4) is 0 Å². The molecule has 2 rings (SSSR count). The first-order valence-corrected chi connectivity index (χ1v) is 6.26. The largest absolute Gasteiger partial charge is 0.399 e. The molecule has 0 bridgehead atoms. The number of amides is 1. The second-order valence-electron chi connectivity index (χ2n) is 3.64. The second kappa shape index (κ2) is 4.74. The SMILES string of the molecule is Nc1ccc(C(=O)N2CCSCC2)c(F)c1. The minimum Gasteiger partial charge on any atom is -0.399 e. The average Bonchev–Trinajstić information content (AvgIpc) is 2.29. The fourth-order valence-electron chi connectivity index (χ4n) is 1.64. The molecular weight excluding hydrogens is 227 g/mol. The summed E-state index contributed by atoms with van der Waals surface area (Å²) >= 11 is 1.81. The van der Waals surface area contributed by atoms with E-state index >= 15 is 0 Å². The Hall–Kier alpha value is -1.23. The van der Waals surface area contributed by atoms with Crippen molar-refractivity contribution in [3.05, 3.63) is 29.6 Å². The van der Waals surface area contributed by atoms with Crippen molar-refractivity contribution in [3.63, 3.8) is 0 Å². The van der Waals surface area contributed by atoms with Crippen LogP contribution in [0.5, 0.6) is 0 Å². The molecule has 0 spiro atoms. The Bertz CT molecular complexity index is 405. The maximum atomic E-state index is 13.5. The number of nitrogens with two attached hydrogens (primary N) is 1. The number of nitrogens with zero attached hydrogens (tertiary/aromatic N) is 1. The second-order valence-corrected chi connectivity index (χ2v) is 4.87. The third-order valence-corrected chi connectivity index (χ3v) is 3.46. The van der Waals surface area contributed by atoms with E-state index in [1.807, 2.05) is 11.8 Å². The first-order chi connectivity index (χ1) is 7.68. The number of carbonyl (C=O) groups is 1. The van der Waals surface area contributed by atoms with Crippen LogP contribution in [0.4, 0.5) is 10.1 Å². The van der Waals surface area contributed by atoms with E-state index in [-0.39, 0.29) is 11.5 Å². The number of thioether (sulfide) groups is 1. The Labute approximate surface area is 97.8 Å². The first kappa shape index (κ1) is 11.3. The predicted molar refractivity (Wildman–Crippen MR) is 64.0 cm³/mol. The van der Waals surface area contributed by atoms with Gasteiger partial charge in [-0.05, 0) is 18.2 Å². The van der Waals surface area contributed by atoms with Gasteiger partial charge in [-0.1, -0.05) is 0 Å². The van der Waals surface area contributed by atoms with Gasteiger partial charge in [0, 0.05) is 30.3 Å². The van der Waals surface area contributed by atoms with Gasteiger partial charge in [-0.3, -0.25) is 4.79 Å². The average molecular weight is 240 g/mol. The molecule has 2 N–H and O–H groups in total. The Balaban J connectivity index is 2.19. The molecule has 5 heteroatoms. The molecule has 16 heavy (non-hydrogen) atoms. The molecule has 1 amide bonds. The highest BCUT2D eigenvalue weighted by molar-refractivity contribution is 7.99. The summed E-state index contributed by atoms with van der Waals surface area (Å²) in [6, 6.07) is 4.19. The van der Waals surface area contributed by atoms with E-state index in [0.29, 0.717) is 18.8 Å². The van der Waals surface area contributed by atoms with Crippen LogP contribution in [0.2, 0.25) is 0 Å². The molecule has 1 saturated heterocycles. The molecule has 1 fully saturated rings. The van der Waals surface area contributed by atoms with Crippen LogP contribution in [0, 0.1) is 5.82 Å². The van der Waals surface area contributed by atoms with Gasteiger partial charge in [0.25, 0.3) is 5.91 Å².